The predicted molar refractivity (Wildman–Crippen MR) is 87.8 cm³/mol. The summed E-state index contributed by atoms with van der Waals surface area (Å²) in [5.74, 6) is -0.273. The van der Waals surface area contributed by atoms with Crippen molar-refractivity contribution in [2.24, 2.45) is 0 Å². The van der Waals surface area contributed by atoms with E-state index in [9.17, 15) is 13.6 Å². The van der Waals surface area contributed by atoms with E-state index < -0.39 is 6.61 Å². The van der Waals surface area contributed by atoms with E-state index in [0.717, 1.165) is 12.8 Å². The minimum atomic E-state index is -2.91. The topological polar surface area (TPSA) is 70.2 Å². The van der Waals surface area contributed by atoms with Crippen LogP contribution < -0.4 is 10.1 Å². The number of fused-ring (bicyclic) bond motifs is 3. The zero-order valence-electron chi connectivity index (χ0n) is 13.8. The number of carbonyl (C=O) groups excluding carboxylic acids is 1. The molecule has 1 amide bonds. The van der Waals surface area contributed by atoms with Crippen LogP contribution in [0, 0.1) is 0 Å². The zero-order valence-corrected chi connectivity index (χ0v) is 13.8. The maximum Gasteiger partial charge on any atom is 0.387 e. The van der Waals surface area contributed by atoms with Crippen LogP contribution in [0.3, 0.4) is 0 Å². The molecule has 1 aromatic heterocycles. The first-order valence-corrected chi connectivity index (χ1v) is 8.47. The molecule has 3 atom stereocenters. The van der Waals surface area contributed by atoms with Crippen LogP contribution in [0.15, 0.2) is 18.2 Å². The third-order valence-corrected chi connectivity index (χ3v) is 5.41. The molecule has 2 saturated heterocycles. The lowest BCUT2D eigenvalue weighted by Gasteiger charge is -2.36. The number of piperidine rings is 1. The molecule has 4 rings (SSSR count). The first kappa shape index (κ1) is 16.3. The highest BCUT2D eigenvalue weighted by atomic mass is 19.3. The average molecular weight is 350 g/mol. The number of aromatic amines is 1. The highest BCUT2D eigenvalue weighted by Crippen LogP contribution is 2.34. The number of amides is 1. The molecule has 2 aliphatic heterocycles. The molecule has 2 aromatic rings. The van der Waals surface area contributed by atoms with Gasteiger partial charge in [0.2, 0.25) is 0 Å². The maximum atomic E-state index is 12.6. The second-order valence-electron chi connectivity index (χ2n) is 6.85. The van der Waals surface area contributed by atoms with E-state index >= 15 is 0 Å². The SMILES string of the molecule is CN1[C@@H]2CC[C@H]1CC(NC(=O)c1n[nH]c3ccc(OC(F)F)cc13)C2. The molecule has 2 N–H and O–H groups in total. The molecule has 25 heavy (non-hydrogen) atoms. The van der Waals surface area contributed by atoms with Crippen LogP contribution in [0.2, 0.25) is 0 Å². The number of ether oxygens (including phenoxy) is 1. The molecule has 0 radical (unpaired) electrons. The largest absolute Gasteiger partial charge is 0.435 e. The second kappa shape index (κ2) is 6.25. The molecule has 6 nitrogen and oxygen atoms in total. The van der Waals surface area contributed by atoms with E-state index in [1.165, 1.54) is 25.0 Å². The van der Waals surface area contributed by atoms with Gasteiger partial charge in [0.05, 0.1) is 5.52 Å². The highest BCUT2D eigenvalue weighted by molar-refractivity contribution is 6.05. The second-order valence-corrected chi connectivity index (χ2v) is 6.85. The van der Waals surface area contributed by atoms with Crippen molar-refractivity contribution in [3.8, 4) is 5.75 Å². The molecule has 1 aromatic carbocycles. The molecule has 0 aliphatic carbocycles. The molecule has 0 saturated carbocycles. The first-order chi connectivity index (χ1) is 12.0. The third-order valence-electron chi connectivity index (χ3n) is 5.41. The van der Waals surface area contributed by atoms with Crippen LogP contribution in [0.1, 0.15) is 36.2 Å². The number of rotatable bonds is 4. The molecule has 1 unspecified atom stereocenters. The number of halogens is 2. The van der Waals surface area contributed by atoms with Gasteiger partial charge in [-0.1, -0.05) is 0 Å². The van der Waals surface area contributed by atoms with Crippen LogP contribution >= 0.6 is 0 Å². The number of aromatic nitrogens is 2. The van der Waals surface area contributed by atoms with Crippen LogP contribution in [-0.4, -0.2) is 52.8 Å². The standard InChI is InChI=1S/C17H20F2N4O2/c1-23-10-2-3-11(23)7-9(6-10)20-16(24)15-13-8-12(25-17(18)19)4-5-14(13)21-22-15/h4-5,8-11,17H,2-3,6-7H2,1H3,(H,20,24)(H,21,22)/t9?,10-,11+. The quantitative estimate of drug-likeness (QED) is 0.889. The Labute approximate surface area is 143 Å². The summed E-state index contributed by atoms with van der Waals surface area (Å²) in [5, 5.41) is 10.4. The number of nitrogens with one attached hydrogen (secondary N) is 2. The number of alkyl halides is 2. The van der Waals surface area contributed by atoms with E-state index in [-0.39, 0.29) is 23.4 Å². The van der Waals surface area contributed by atoms with Gasteiger partial charge in [0.15, 0.2) is 5.69 Å². The van der Waals surface area contributed by atoms with Gasteiger partial charge < -0.3 is 15.0 Å². The molecule has 134 valence electrons. The van der Waals surface area contributed by atoms with Crippen molar-refractivity contribution in [3.63, 3.8) is 0 Å². The Bertz CT molecular complexity index is 780. The van der Waals surface area contributed by atoms with Gasteiger partial charge in [-0.3, -0.25) is 9.89 Å². The van der Waals surface area contributed by atoms with Crippen molar-refractivity contribution in [2.45, 2.75) is 50.4 Å². The number of carbonyl (C=O) groups is 1. The monoisotopic (exact) mass is 350 g/mol. The Hall–Kier alpha value is -2.22. The Morgan fingerprint density at radius 3 is 2.76 bits per heavy atom. The fraction of sp³-hybridized carbons (Fsp3) is 0.529. The lowest BCUT2D eigenvalue weighted by molar-refractivity contribution is -0.0497. The summed E-state index contributed by atoms with van der Waals surface area (Å²) in [4.78, 5) is 15.0. The van der Waals surface area contributed by atoms with Crippen LogP contribution in [0.25, 0.3) is 10.9 Å². The Morgan fingerprint density at radius 2 is 2.08 bits per heavy atom. The molecule has 0 spiro atoms. The number of benzene rings is 1. The lowest BCUT2D eigenvalue weighted by Crippen LogP contribution is -2.48. The molecule has 3 heterocycles. The van der Waals surface area contributed by atoms with E-state index in [2.05, 4.69) is 32.2 Å². The van der Waals surface area contributed by atoms with Crippen molar-refractivity contribution < 1.29 is 18.3 Å². The van der Waals surface area contributed by atoms with Gasteiger partial charge in [-0.15, -0.1) is 0 Å². The van der Waals surface area contributed by atoms with E-state index in [1.54, 1.807) is 6.07 Å². The summed E-state index contributed by atoms with van der Waals surface area (Å²) >= 11 is 0. The van der Waals surface area contributed by atoms with E-state index in [0.29, 0.717) is 23.0 Å². The summed E-state index contributed by atoms with van der Waals surface area (Å²) < 4.78 is 29.2. The third kappa shape index (κ3) is 3.06. The summed E-state index contributed by atoms with van der Waals surface area (Å²) in [7, 11) is 2.14. The molecule has 2 bridgehead atoms. The van der Waals surface area contributed by atoms with Gasteiger partial charge in [-0.2, -0.15) is 13.9 Å². The van der Waals surface area contributed by atoms with Gasteiger partial charge in [0.25, 0.3) is 5.91 Å². The van der Waals surface area contributed by atoms with Gasteiger partial charge in [0, 0.05) is 23.5 Å². The van der Waals surface area contributed by atoms with Gasteiger partial charge in [-0.25, -0.2) is 0 Å². The smallest absolute Gasteiger partial charge is 0.387 e. The average Bonchev–Trinajstić information content (AvgIpc) is 3.04. The maximum absolute atomic E-state index is 12.6. The van der Waals surface area contributed by atoms with Gasteiger partial charge in [0.1, 0.15) is 5.75 Å². The van der Waals surface area contributed by atoms with Crippen LogP contribution in [0.5, 0.6) is 5.75 Å². The first-order valence-electron chi connectivity index (χ1n) is 8.47. The molecule has 2 fully saturated rings. The van der Waals surface area contributed by atoms with Crippen molar-refractivity contribution in [1.82, 2.24) is 20.4 Å². The Kier molecular flexibility index (Phi) is 4.07. The summed E-state index contributed by atoms with van der Waals surface area (Å²) in [5.41, 5.74) is 0.816. The summed E-state index contributed by atoms with van der Waals surface area (Å²) in [6.07, 6.45) is 4.21. The van der Waals surface area contributed by atoms with Gasteiger partial charge >= 0.3 is 6.61 Å². The zero-order chi connectivity index (χ0) is 17.6. The van der Waals surface area contributed by atoms with Crippen molar-refractivity contribution in [1.29, 1.82) is 0 Å². The highest BCUT2D eigenvalue weighted by Gasteiger charge is 2.39. The molecular weight excluding hydrogens is 330 g/mol. The molecule has 8 heteroatoms. The van der Waals surface area contributed by atoms with Crippen molar-refractivity contribution in [3.05, 3.63) is 23.9 Å². The van der Waals surface area contributed by atoms with Crippen LogP contribution in [0.4, 0.5) is 8.78 Å². The summed E-state index contributed by atoms with van der Waals surface area (Å²) in [6.45, 7) is -2.91. The number of hydrogen-bond donors (Lipinski definition) is 2. The Balaban J connectivity index is 1.52. The van der Waals surface area contributed by atoms with Gasteiger partial charge in [-0.05, 0) is 50.9 Å². The lowest BCUT2D eigenvalue weighted by atomic mass is 9.98. The number of H-pyrrole nitrogens is 1. The number of hydrogen-bond acceptors (Lipinski definition) is 4. The minimum absolute atomic E-state index is 0.00952. The molecular formula is C17H20F2N4O2. The molecule has 2 aliphatic rings. The fourth-order valence-corrected chi connectivity index (χ4v) is 4.13. The fourth-order valence-electron chi connectivity index (χ4n) is 4.13. The summed E-state index contributed by atoms with van der Waals surface area (Å²) in [6, 6.07) is 5.57. The van der Waals surface area contributed by atoms with E-state index in [4.69, 9.17) is 0 Å². The van der Waals surface area contributed by atoms with Crippen molar-refractivity contribution in [2.75, 3.05) is 7.05 Å². The Morgan fingerprint density at radius 1 is 1.36 bits per heavy atom. The van der Waals surface area contributed by atoms with Crippen molar-refractivity contribution >= 4 is 16.8 Å². The van der Waals surface area contributed by atoms with Crippen LogP contribution in [-0.2, 0) is 0 Å². The van der Waals surface area contributed by atoms with E-state index in [1.807, 2.05) is 0 Å². The predicted octanol–water partition coefficient (Wildman–Crippen LogP) is 2.52. The minimum Gasteiger partial charge on any atom is -0.435 e. The number of nitrogens with zero attached hydrogens (tertiary/aromatic N) is 2. The normalized spacial score (nSPS) is 26.3.